The lowest BCUT2D eigenvalue weighted by Gasteiger charge is -2.19. The van der Waals surface area contributed by atoms with Gasteiger partial charge in [0.2, 0.25) is 0 Å². The SMILES string of the molecule is CC(C)(C)c1cccc(-c2cccc(Cl)c2)c1. The second-order valence-corrected chi connectivity index (χ2v) is 5.78. The topological polar surface area (TPSA) is 0 Å². The molecule has 0 unspecified atom stereocenters. The van der Waals surface area contributed by atoms with E-state index in [1.807, 2.05) is 18.2 Å². The van der Waals surface area contributed by atoms with Crippen molar-refractivity contribution in [3.63, 3.8) is 0 Å². The predicted octanol–water partition coefficient (Wildman–Crippen LogP) is 5.30. The summed E-state index contributed by atoms with van der Waals surface area (Å²) in [7, 11) is 0. The molecule has 0 saturated carbocycles. The van der Waals surface area contributed by atoms with E-state index in [0.717, 1.165) is 5.02 Å². The van der Waals surface area contributed by atoms with Crippen LogP contribution >= 0.6 is 11.6 Å². The molecule has 0 spiro atoms. The van der Waals surface area contributed by atoms with Crippen LogP contribution in [0, 0.1) is 0 Å². The molecule has 0 radical (unpaired) electrons. The first kappa shape index (κ1) is 12.2. The van der Waals surface area contributed by atoms with Crippen molar-refractivity contribution >= 4 is 11.6 Å². The highest BCUT2D eigenvalue weighted by molar-refractivity contribution is 6.30. The molecule has 0 atom stereocenters. The van der Waals surface area contributed by atoms with Crippen LogP contribution in [0.25, 0.3) is 11.1 Å². The number of hydrogen-bond acceptors (Lipinski definition) is 0. The third-order valence-corrected chi connectivity index (χ3v) is 3.12. The van der Waals surface area contributed by atoms with Crippen molar-refractivity contribution in [3.05, 3.63) is 59.1 Å². The zero-order chi connectivity index (χ0) is 12.5. The molecule has 0 amide bonds. The van der Waals surface area contributed by atoms with Crippen molar-refractivity contribution < 1.29 is 0 Å². The van der Waals surface area contributed by atoms with Gasteiger partial charge in [-0.1, -0.05) is 68.8 Å². The Bertz CT molecular complexity index is 521. The summed E-state index contributed by atoms with van der Waals surface area (Å²) in [5.41, 5.74) is 3.91. The van der Waals surface area contributed by atoms with Gasteiger partial charge in [0.05, 0.1) is 0 Å². The first-order valence-electron chi connectivity index (χ1n) is 5.83. The summed E-state index contributed by atoms with van der Waals surface area (Å²) >= 11 is 6.02. The second kappa shape index (κ2) is 4.54. The number of hydrogen-bond donors (Lipinski definition) is 0. The molecular formula is C16H17Cl. The van der Waals surface area contributed by atoms with Crippen molar-refractivity contribution in [2.75, 3.05) is 0 Å². The Kier molecular flexibility index (Phi) is 3.26. The van der Waals surface area contributed by atoms with Gasteiger partial charge in [-0.05, 0) is 34.2 Å². The molecule has 0 heterocycles. The normalized spacial score (nSPS) is 11.5. The molecule has 0 nitrogen and oxygen atoms in total. The molecule has 2 aromatic carbocycles. The standard InChI is InChI=1S/C16H17Cl/c1-16(2,3)14-8-4-6-12(10-14)13-7-5-9-15(17)11-13/h4-11H,1-3H3. The van der Waals surface area contributed by atoms with Crippen LogP contribution in [0.3, 0.4) is 0 Å². The Hall–Kier alpha value is -1.27. The summed E-state index contributed by atoms with van der Waals surface area (Å²) in [6, 6.07) is 16.6. The lowest BCUT2D eigenvalue weighted by atomic mass is 9.85. The Morgan fingerprint density at radius 3 is 2.00 bits per heavy atom. The molecule has 0 saturated heterocycles. The summed E-state index contributed by atoms with van der Waals surface area (Å²) in [6.45, 7) is 6.68. The van der Waals surface area contributed by atoms with Crippen LogP contribution < -0.4 is 0 Å². The summed E-state index contributed by atoms with van der Waals surface area (Å²) in [6.07, 6.45) is 0. The highest BCUT2D eigenvalue weighted by Gasteiger charge is 2.13. The van der Waals surface area contributed by atoms with Crippen LogP contribution in [-0.4, -0.2) is 0 Å². The third kappa shape index (κ3) is 2.89. The van der Waals surface area contributed by atoms with E-state index >= 15 is 0 Å². The van der Waals surface area contributed by atoms with E-state index in [1.54, 1.807) is 0 Å². The van der Waals surface area contributed by atoms with Crippen molar-refractivity contribution in [1.82, 2.24) is 0 Å². The Morgan fingerprint density at radius 2 is 1.41 bits per heavy atom. The van der Waals surface area contributed by atoms with E-state index in [4.69, 9.17) is 11.6 Å². The average molecular weight is 245 g/mol. The molecule has 0 aliphatic rings. The van der Waals surface area contributed by atoms with E-state index in [0.29, 0.717) is 0 Å². The van der Waals surface area contributed by atoms with Gasteiger partial charge in [0.15, 0.2) is 0 Å². The van der Waals surface area contributed by atoms with Crippen LogP contribution in [0.5, 0.6) is 0 Å². The monoisotopic (exact) mass is 244 g/mol. The highest BCUT2D eigenvalue weighted by atomic mass is 35.5. The van der Waals surface area contributed by atoms with E-state index in [9.17, 15) is 0 Å². The van der Waals surface area contributed by atoms with Crippen LogP contribution in [0.4, 0.5) is 0 Å². The van der Waals surface area contributed by atoms with Gasteiger partial charge in [-0.25, -0.2) is 0 Å². The summed E-state index contributed by atoms with van der Waals surface area (Å²) in [5, 5.41) is 0.781. The number of halogens is 1. The van der Waals surface area contributed by atoms with Gasteiger partial charge in [-0.15, -0.1) is 0 Å². The van der Waals surface area contributed by atoms with Crippen LogP contribution in [-0.2, 0) is 5.41 Å². The van der Waals surface area contributed by atoms with Gasteiger partial charge in [-0.3, -0.25) is 0 Å². The number of benzene rings is 2. The number of rotatable bonds is 1. The van der Waals surface area contributed by atoms with Gasteiger partial charge in [-0.2, -0.15) is 0 Å². The van der Waals surface area contributed by atoms with Gasteiger partial charge >= 0.3 is 0 Å². The first-order valence-corrected chi connectivity index (χ1v) is 6.21. The van der Waals surface area contributed by atoms with Crippen LogP contribution in [0.15, 0.2) is 48.5 Å². The molecule has 0 aliphatic carbocycles. The van der Waals surface area contributed by atoms with E-state index in [-0.39, 0.29) is 5.41 Å². The van der Waals surface area contributed by atoms with Crippen molar-refractivity contribution in [2.24, 2.45) is 0 Å². The van der Waals surface area contributed by atoms with E-state index in [2.05, 4.69) is 51.1 Å². The second-order valence-electron chi connectivity index (χ2n) is 5.34. The predicted molar refractivity (Wildman–Crippen MR) is 75.6 cm³/mol. The maximum atomic E-state index is 6.02. The molecule has 17 heavy (non-hydrogen) atoms. The lowest BCUT2D eigenvalue weighted by Crippen LogP contribution is -2.10. The third-order valence-electron chi connectivity index (χ3n) is 2.89. The smallest absolute Gasteiger partial charge is 0.0412 e. The Balaban J connectivity index is 2.47. The summed E-state index contributed by atoms with van der Waals surface area (Å²) in [4.78, 5) is 0. The first-order chi connectivity index (χ1) is 7.97. The molecule has 2 rings (SSSR count). The fourth-order valence-electron chi connectivity index (χ4n) is 1.83. The van der Waals surface area contributed by atoms with Crippen molar-refractivity contribution in [1.29, 1.82) is 0 Å². The zero-order valence-electron chi connectivity index (χ0n) is 10.5. The Morgan fingerprint density at radius 1 is 0.824 bits per heavy atom. The van der Waals surface area contributed by atoms with Crippen molar-refractivity contribution in [2.45, 2.75) is 26.2 Å². The molecule has 1 heteroatoms. The maximum absolute atomic E-state index is 6.02. The van der Waals surface area contributed by atoms with Crippen LogP contribution in [0.1, 0.15) is 26.3 Å². The largest absolute Gasteiger partial charge is 0.0843 e. The molecule has 88 valence electrons. The minimum Gasteiger partial charge on any atom is -0.0843 e. The quantitative estimate of drug-likeness (QED) is 0.638. The summed E-state index contributed by atoms with van der Waals surface area (Å²) < 4.78 is 0. The average Bonchev–Trinajstić information content (AvgIpc) is 2.28. The van der Waals surface area contributed by atoms with Crippen LogP contribution in [0.2, 0.25) is 5.02 Å². The van der Waals surface area contributed by atoms with Gasteiger partial charge in [0.25, 0.3) is 0 Å². The van der Waals surface area contributed by atoms with E-state index in [1.165, 1.54) is 16.7 Å². The fourth-order valence-corrected chi connectivity index (χ4v) is 2.02. The minimum atomic E-state index is 0.175. The molecule has 0 bridgehead atoms. The molecule has 0 aromatic heterocycles. The fraction of sp³-hybridized carbons (Fsp3) is 0.250. The zero-order valence-corrected chi connectivity index (χ0v) is 11.3. The van der Waals surface area contributed by atoms with E-state index < -0.39 is 0 Å². The minimum absolute atomic E-state index is 0.175. The molecular weight excluding hydrogens is 228 g/mol. The van der Waals surface area contributed by atoms with Gasteiger partial charge < -0.3 is 0 Å². The molecule has 0 fully saturated rings. The Labute approximate surface area is 108 Å². The molecule has 2 aromatic rings. The molecule has 0 N–H and O–H groups in total. The summed E-state index contributed by atoms with van der Waals surface area (Å²) in [5.74, 6) is 0. The van der Waals surface area contributed by atoms with Gasteiger partial charge in [0, 0.05) is 5.02 Å². The molecule has 0 aliphatic heterocycles. The van der Waals surface area contributed by atoms with Crippen molar-refractivity contribution in [3.8, 4) is 11.1 Å². The lowest BCUT2D eigenvalue weighted by molar-refractivity contribution is 0.590. The highest BCUT2D eigenvalue weighted by Crippen LogP contribution is 2.28. The maximum Gasteiger partial charge on any atom is 0.0412 e. The van der Waals surface area contributed by atoms with Gasteiger partial charge in [0.1, 0.15) is 0 Å².